The second-order valence-corrected chi connectivity index (χ2v) is 5.39. The molecular formula is C13H15N7O4. The van der Waals surface area contributed by atoms with Crippen LogP contribution in [0.4, 0.5) is 0 Å². The molecule has 0 unspecified atom stereocenters. The minimum atomic E-state index is -0.765. The van der Waals surface area contributed by atoms with Crippen LogP contribution >= 0.6 is 0 Å². The molecule has 3 heterocycles. The van der Waals surface area contributed by atoms with Crippen molar-refractivity contribution in [1.82, 2.24) is 29.8 Å². The van der Waals surface area contributed by atoms with E-state index in [1.165, 1.54) is 15.7 Å². The summed E-state index contributed by atoms with van der Waals surface area (Å²) in [5.41, 5.74) is 5.20. The van der Waals surface area contributed by atoms with Crippen molar-refractivity contribution in [2.24, 2.45) is 5.73 Å². The molecule has 0 aliphatic rings. The topological polar surface area (TPSA) is 155 Å². The number of furan rings is 1. The zero-order valence-electron chi connectivity index (χ0n) is 13.0. The third-order valence-corrected chi connectivity index (χ3v) is 3.37. The highest BCUT2D eigenvalue weighted by molar-refractivity contribution is 5.96. The van der Waals surface area contributed by atoms with E-state index in [-0.39, 0.29) is 35.8 Å². The molecule has 0 aromatic carbocycles. The van der Waals surface area contributed by atoms with Gasteiger partial charge in [-0.1, -0.05) is 0 Å². The molecule has 0 spiro atoms. The van der Waals surface area contributed by atoms with Crippen LogP contribution in [0.2, 0.25) is 0 Å². The monoisotopic (exact) mass is 333 g/mol. The third kappa shape index (κ3) is 2.76. The van der Waals surface area contributed by atoms with Crippen LogP contribution in [0.25, 0.3) is 11.1 Å². The zero-order chi connectivity index (χ0) is 17.4. The number of carbonyl (C=O) groups excluding carboxylic acids is 1. The summed E-state index contributed by atoms with van der Waals surface area (Å²) in [7, 11) is 0. The lowest BCUT2D eigenvalue weighted by molar-refractivity contribution is 0.0975. The smallest absolute Gasteiger partial charge is 0.284 e. The van der Waals surface area contributed by atoms with Crippen molar-refractivity contribution >= 4 is 17.0 Å². The van der Waals surface area contributed by atoms with E-state index >= 15 is 0 Å². The molecule has 0 saturated carbocycles. The molecule has 1 atom stereocenters. The first kappa shape index (κ1) is 15.8. The van der Waals surface area contributed by atoms with Gasteiger partial charge in [-0.3, -0.25) is 14.2 Å². The van der Waals surface area contributed by atoms with Crippen molar-refractivity contribution in [3.63, 3.8) is 0 Å². The van der Waals surface area contributed by atoms with Crippen LogP contribution in [0.3, 0.4) is 0 Å². The quantitative estimate of drug-likeness (QED) is 0.590. The molecule has 11 nitrogen and oxygen atoms in total. The van der Waals surface area contributed by atoms with Gasteiger partial charge in [0.15, 0.2) is 11.6 Å². The molecule has 3 rings (SSSR count). The molecule has 1 amide bonds. The van der Waals surface area contributed by atoms with E-state index in [0.717, 1.165) is 0 Å². The maximum atomic E-state index is 12.6. The normalized spacial score (nSPS) is 12.6. The van der Waals surface area contributed by atoms with Crippen LogP contribution in [0.5, 0.6) is 0 Å². The molecule has 11 heteroatoms. The van der Waals surface area contributed by atoms with E-state index < -0.39 is 17.6 Å². The van der Waals surface area contributed by atoms with Crippen molar-refractivity contribution < 1.29 is 14.3 Å². The number of aromatic nitrogens is 6. The highest BCUT2D eigenvalue weighted by Crippen LogP contribution is 2.19. The average molecular weight is 333 g/mol. The minimum absolute atomic E-state index is 0.0398. The van der Waals surface area contributed by atoms with Gasteiger partial charge in [-0.05, 0) is 19.1 Å². The van der Waals surface area contributed by atoms with Crippen LogP contribution in [0.1, 0.15) is 28.9 Å². The number of tetrazole rings is 1. The predicted octanol–water partition coefficient (Wildman–Crippen LogP) is -1.19. The SMILES string of the molecule is Cc1c(C(N)=O)oc2ncn(Cc3nnn(C[C@@H](C)O)n3)c(=O)c12. The van der Waals surface area contributed by atoms with Crippen LogP contribution in [0.15, 0.2) is 15.5 Å². The minimum Gasteiger partial charge on any atom is -0.432 e. The number of hydrogen-bond donors (Lipinski definition) is 2. The number of nitrogens with zero attached hydrogens (tertiary/aromatic N) is 6. The highest BCUT2D eigenvalue weighted by Gasteiger charge is 2.20. The van der Waals surface area contributed by atoms with Gasteiger partial charge in [0.1, 0.15) is 11.7 Å². The molecule has 3 aromatic heterocycles. The Kier molecular flexibility index (Phi) is 3.85. The van der Waals surface area contributed by atoms with Crippen molar-refractivity contribution in [3.05, 3.63) is 33.8 Å². The Morgan fingerprint density at radius 2 is 2.25 bits per heavy atom. The number of hydrogen-bond acceptors (Lipinski definition) is 8. The Labute approximate surface area is 134 Å². The summed E-state index contributed by atoms with van der Waals surface area (Å²) >= 11 is 0. The van der Waals surface area contributed by atoms with Gasteiger partial charge < -0.3 is 15.3 Å². The summed E-state index contributed by atoms with van der Waals surface area (Å²) in [4.78, 5) is 29.1. The molecule has 3 N–H and O–H groups in total. The second-order valence-electron chi connectivity index (χ2n) is 5.39. The lowest BCUT2D eigenvalue weighted by Gasteiger charge is -2.02. The summed E-state index contributed by atoms with van der Waals surface area (Å²) in [5.74, 6) is -0.567. The molecule has 0 saturated heterocycles. The third-order valence-electron chi connectivity index (χ3n) is 3.37. The fourth-order valence-corrected chi connectivity index (χ4v) is 2.31. The number of aryl methyl sites for hydroxylation is 1. The fourth-order valence-electron chi connectivity index (χ4n) is 2.31. The van der Waals surface area contributed by atoms with Crippen molar-refractivity contribution in [1.29, 1.82) is 0 Å². The largest absolute Gasteiger partial charge is 0.432 e. The van der Waals surface area contributed by atoms with Gasteiger partial charge in [-0.2, -0.15) is 4.80 Å². The maximum Gasteiger partial charge on any atom is 0.284 e. The standard InChI is InChI=1S/C13H15N7O4/c1-6(21)3-20-17-8(16-18-20)4-19-5-15-12-9(13(19)23)7(2)10(24-12)11(14)22/h5-6,21H,3-4H2,1-2H3,(H2,14,22)/t6-/m1/s1. The van der Waals surface area contributed by atoms with E-state index in [9.17, 15) is 14.7 Å². The Balaban J connectivity index is 1.97. The molecule has 0 bridgehead atoms. The molecule has 126 valence electrons. The number of rotatable bonds is 5. The van der Waals surface area contributed by atoms with E-state index in [1.54, 1.807) is 13.8 Å². The molecule has 24 heavy (non-hydrogen) atoms. The maximum absolute atomic E-state index is 12.6. The van der Waals surface area contributed by atoms with Crippen molar-refractivity contribution in [2.75, 3.05) is 0 Å². The van der Waals surface area contributed by atoms with Gasteiger partial charge in [-0.15, -0.1) is 10.2 Å². The fraction of sp³-hybridized carbons (Fsp3) is 0.385. The molecule has 3 aromatic rings. The number of carbonyl (C=O) groups is 1. The van der Waals surface area contributed by atoms with Crippen LogP contribution in [0, 0.1) is 6.92 Å². The van der Waals surface area contributed by atoms with Crippen LogP contribution < -0.4 is 11.3 Å². The first-order chi connectivity index (χ1) is 11.4. The molecule has 0 fully saturated rings. The van der Waals surface area contributed by atoms with Gasteiger partial charge in [0.05, 0.1) is 19.2 Å². The van der Waals surface area contributed by atoms with Crippen molar-refractivity contribution in [2.45, 2.75) is 33.0 Å². The summed E-state index contributed by atoms with van der Waals surface area (Å²) in [6.45, 7) is 3.40. The van der Waals surface area contributed by atoms with E-state index in [4.69, 9.17) is 10.2 Å². The summed E-state index contributed by atoms with van der Waals surface area (Å²) in [6.07, 6.45) is 0.655. The number of aliphatic hydroxyl groups excluding tert-OH is 1. The summed E-state index contributed by atoms with van der Waals surface area (Å²) in [6, 6.07) is 0. The summed E-state index contributed by atoms with van der Waals surface area (Å²) < 4.78 is 6.50. The Bertz CT molecular complexity index is 969. The molecule has 0 aliphatic heterocycles. The van der Waals surface area contributed by atoms with Gasteiger partial charge in [0.2, 0.25) is 5.71 Å². The van der Waals surface area contributed by atoms with Gasteiger partial charge >= 0.3 is 0 Å². The number of primary amides is 1. The van der Waals surface area contributed by atoms with Crippen molar-refractivity contribution in [3.8, 4) is 0 Å². The lowest BCUT2D eigenvalue weighted by atomic mass is 10.2. The highest BCUT2D eigenvalue weighted by atomic mass is 16.4. The average Bonchev–Trinajstić information content (AvgIpc) is 3.06. The van der Waals surface area contributed by atoms with Gasteiger partial charge in [0, 0.05) is 5.56 Å². The Morgan fingerprint density at radius 3 is 2.92 bits per heavy atom. The number of amides is 1. The number of aliphatic hydroxyl groups is 1. The first-order valence-electron chi connectivity index (χ1n) is 7.10. The van der Waals surface area contributed by atoms with E-state index in [0.29, 0.717) is 5.56 Å². The number of fused-ring (bicyclic) bond motifs is 1. The first-order valence-corrected chi connectivity index (χ1v) is 7.10. The second kappa shape index (κ2) is 5.85. The molecule has 0 aliphatic carbocycles. The zero-order valence-corrected chi connectivity index (χ0v) is 13.0. The summed E-state index contributed by atoms with van der Waals surface area (Å²) in [5, 5.41) is 21.2. The van der Waals surface area contributed by atoms with Gasteiger partial charge in [0.25, 0.3) is 11.5 Å². The Morgan fingerprint density at radius 1 is 1.50 bits per heavy atom. The van der Waals surface area contributed by atoms with Crippen LogP contribution in [-0.2, 0) is 13.1 Å². The van der Waals surface area contributed by atoms with Gasteiger partial charge in [-0.25, -0.2) is 4.98 Å². The molecule has 0 radical (unpaired) electrons. The van der Waals surface area contributed by atoms with E-state index in [2.05, 4.69) is 20.4 Å². The van der Waals surface area contributed by atoms with Crippen LogP contribution in [-0.4, -0.2) is 46.9 Å². The predicted molar refractivity (Wildman–Crippen MR) is 80.1 cm³/mol. The van der Waals surface area contributed by atoms with E-state index in [1.807, 2.05) is 0 Å². The number of nitrogens with two attached hydrogens (primary N) is 1. The Hall–Kier alpha value is -3.08. The lowest BCUT2D eigenvalue weighted by Crippen LogP contribution is -2.22. The molecular weight excluding hydrogens is 318 g/mol.